The highest BCUT2D eigenvalue weighted by Crippen LogP contribution is 2.28. The van der Waals surface area contributed by atoms with Crippen molar-refractivity contribution in [2.24, 2.45) is 0 Å². The summed E-state index contributed by atoms with van der Waals surface area (Å²) in [5.74, 6) is 1.17. The molecular formula is C29H36ClN3O5S. The summed E-state index contributed by atoms with van der Waals surface area (Å²) < 4.78 is 16.2. The minimum atomic E-state index is -0.349. The van der Waals surface area contributed by atoms with E-state index in [1.54, 1.807) is 54.7 Å². The van der Waals surface area contributed by atoms with Crippen molar-refractivity contribution in [3.8, 4) is 11.5 Å². The van der Waals surface area contributed by atoms with Crippen molar-refractivity contribution in [2.75, 3.05) is 52.4 Å². The molecule has 1 aromatic heterocycles. The second kappa shape index (κ2) is 16.0. The molecule has 0 atom stereocenters. The third-order valence-corrected chi connectivity index (χ3v) is 7.14. The SMILES string of the molecule is CCOCCCN(CC(=O)N(CCc1ccc(OC)c(OC)c1)Cc1cccs1)C(=O)Nc1ccc(Cl)cc1. The van der Waals surface area contributed by atoms with Crippen LogP contribution in [0.15, 0.2) is 60.0 Å². The first-order chi connectivity index (χ1) is 18.9. The lowest BCUT2D eigenvalue weighted by Crippen LogP contribution is -2.45. The number of amides is 3. The van der Waals surface area contributed by atoms with Crippen molar-refractivity contribution in [2.45, 2.75) is 26.3 Å². The molecule has 3 rings (SSSR count). The zero-order valence-corrected chi connectivity index (χ0v) is 24.2. The average molecular weight is 574 g/mol. The molecule has 0 spiro atoms. The molecule has 3 aromatic rings. The van der Waals surface area contributed by atoms with E-state index in [1.807, 2.05) is 42.6 Å². The molecule has 3 amide bonds. The molecule has 0 unspecified atom stereocenters. The fourth-order valence-electron chi connectivity index (χ4n) is 3.94. The Kier molecular flexibility index (Phi) is 12.4. The van der Waals surface area contributed by atoms with E-state index in [0.29, 0.717) is 67.9 Å². The van der Waals surface area contributed by atoms with Gasteiger partial charge in [-0.3, -0.25) is 4.79 Å². The second-order valence-electron chi connectivity index (χ2n) is 8.74. The van der Waals surface area contributed by atoms with Gasteiger partial charge in [-0.25, -0.2) is 4.79 Å². The number of hydrogen-bond acceptors (Lipinski definition) is 6. The third kappa shape index (κ3) is 9.76. The number of carbonyl (C=O) groups excluding carboxylic acids is 2. The largest absolute Gasteiger partial charge is 0.493 e. The lowest BCUT2D eigenvalue weighted by atomic mass is 10.1. The van der Waals surface area contributed by atoms with Gasteiger partial charge in [0, 0.05) is 41.9 Å². The van der Waals surface area contributed by atoms with E-state index in [2.05, 4.69) is 5.32 Å². The number of methoxy groups -OCH3 is 2. The molecule has 0 aliphatic carbocycles. The van der Waals surface area contributed by atoms with Crippen LogP contribution >= 0.6 is 22.9 Å². The number of anilines is 1. The van der Waals surface area contributed by atoms with Gasteiger partial charge in [0.2, 0.25) is 5.91 Å². The number of halogens is 1. The van der Waals surface area contributed by atoms with Crippen LogP contribution in [0.4, 0.5) is 10.5 Å². The minimum absolute atomic E-state index is 0.0527. The van der Waals surface area contributed by atoms with Crippen LogP contribution in [-0.2, 0) is 22.5 Å². The Hall–Kier alpha value is -3.27. The van der Waals surface area contributed by atoms with Gasteiger partial charge in [-0.2, -0.15) is 0 Å². The van der Waals surface area contributed by atoms with Crippen LogP contribution in [0.2, 0.25) is 5.02 Å². The Morgan fingerprint density at radius 1 is 0.974 bits per heavy atom. The highest BCUT2D eigenvalue weighted by Gasteiger charge is 2.22. The van der Waals surface area contributed by atoms with Crippen LogP contribution in [0.1, 0.15) is 23.8 Å². The highest BCUT2D eigenvalue weighted by molar-refractivity contribution is 7.09. The number of nitrogens with one attached hydrogen (secondary N) is 1. The maximum Gasteiger partial charge on any atom is 0.322 e. The second-order valence-corrected chi connectivity index (χ2v) is 10.2. The van der Waals surface area contributed by atoms with Gasteiger partial charge in [-0.05, 0) is 73.2 Å². The molecule has 8 nitrogen and oxygen atoms in total. The summed E-state index contributed by atoms with van der Waals surface area (Å²) in [7, 11) is 3.20. The maximum atomic E-state index is 13.6. The fraction of sp³-hybridized carbons (Fsp3) is 0.379. The van der Waals surface area contributed by atoms with Crippen LogP contribution in [0, 0.1) is 0 Å². The fourth-order valence-corrected chi connectivity index (χ4v) is 4.78. The first-order valence-corrected chi connectivity index (χ1v) is 14.1. The molecule has 0 saturated heterocycles. The zero-order valence-electron chi connectivity index (χ0n) is 22.7. The summed E-state index contributed by atoms with van der Waals surface area (Å²) in [5, 5.41) is 5.45. The molecule has 2 aromatic carbocycles. The van der Waals surface area contributed by atoms with Crippen molar-refractivity contribution in [1.82, 2.24) is 9.80 Å². The van der Waals surface area contributed by atoms with Gasteiger partial charge < -0.3 is 29.3 Å². The Morgan fingerprint density at radius 3 is 2.41 bits per heavy atom. The van der Waals surface area contributed by atoms with E-state index in [9.17, 15) is 9.59 Å². The summed E-state index contributed by atoms with van der Waals surface area (Å²) in [6, 6.07) is 16.3. The molecule has 0 saturated carbocycles. The predicted octanol–water partition coefficient (Wildman–Crippen LogP) is 5.95. The average Bonchev–Trinajstić information content (AvgIpc) is 3.46. The molecule has 1 N–H and O–H groups in total. The topological polar surface area (TPSA) is 80.3 Å². The maximum absolute atomic E-state index is 13.6. The van der Waals surface area contributed by atoms with Crippen LogP contribution in [0.5, 0.6) is 11.5 Å². The first kappa shape index (κ1) is 30.3. The molecular weight excluding hydrogens is 538 g/mol. The van der Waals surface area contributed by atoms with Gasteiger partial charge in [0.15, 0.2) is 11.5 Å². The lowest BCUT2D eigenvalue weighted by Gasteiger charge is -2.28. The smallest absolute Gasteiger partial charge is 0.322 e. The molecule has 0 aliphatic rings. The summed E-state index contributed by atoms with van der Waals surface area (Å²) in [6.07, 6.45) is 1.24. The summed E-state index contributed by atoms with van der Waals surface area (Å²) in [5.41, 5.74) is 1.63. The number of thiophene rings is 1. The van der Waals surface area contributed by atoms with Crippen molar-refractivity contribution < 1.29 is 23.8 Å². The number of ether oxygens (including phenoxy) is 3. The predicted molar refractivity (Wildman–Crippen MR) is 156 cm³/mol. The van der Waals surface area contributed by atoms with E-state index in [-0.39, 0.29) is 18.5 Å². The van der Waals surface area contributed by atoms with Gasteiger partial charge in [0.1, 0.15) is 6.54 Å². The number of benzene rings is 2. The quantitative estimate of drug-likeness (QED) is 0.227. The molecule has 0 aliphatic heterocycles. The number of hydrogen-bond donors (Lipinski definition) is 1. The Labute approximate surface area is 239 Å². The van der Waals surface area contributed by atoms with E-state index >= 15 is 0 Å². The molecule has 0 fully saturated rings. The van der Waals surface area contributed by atoms with E-state index < -0.39 is 0 Å². The standard InChI is InChI=1S/C29H36ClN3O5S/c1-4-38-17-6-15-33(29(35)31-24-11-9-23(30)10-12-24)21-28(34)32(20-25-7-5-18-39-25)16-14-22-8-13-26(36-2)27(19-22)37-3/h5,7-13,18-19H,4,6,14-17,20-21H2,1-3H3,(H,31,35). The summed E-state index contributed by atoms with van der Waals surface area (Å²) in [4.78, 5) is 31.2. The Balaban J connectivity index is 1.73. The molecule has 0 bridgehead atoms. The number of rotatable bonds is 15. The van der Waals surface area contributed by atoms with E-state index in [4.69, 9.17) is 25.8 Å². The third-order valence-electron chi connectivity index (χ3n) is 6.03. The first-order valence-electron chi connectivity index (χ1n) is 12.8. The van der Waals surface area contributed by atoms with Gasteiger partial charge >= 0.3 is 6.03 Å². The van der Waals surface area contributed by atoms with Crippen LogP contribution < -0.4 is 14.8 Å². The normalized spacial score (nSPS) is 10.7. The minimum Gasteiger partial charge on any atom is -0.493 e. The van der Waals surface area contributed by atoms with Crippen molar-refractivity contribution in [3.63, 3.8) is 0 Å². The summed E-state index contributed by atoms with van der Waals surface area (Å²) >= 11 is 7.58. The zero-order chi connectivity index (χ0) is 28.0. The van der Waals surface area contributed by atoms with E-state index in [0.717, 1.165) is 10.4 Å². The lowest BCUT2D eigenvalue weighted by molar-refractivity contribution is -0.132. The van der Waals surface area contributed by atoms with Crippen molar-refractivity contribution in [3.05, 3.63) is 75.4 Å². The van der Waals surface area contributed by atoms with Crippen molar-refractivity contribution >= 4 is 40.6 Å². The number of nitrogens with zero attached hydrogens (tertiary/aromatic N) is 2. The molecule has 0 radical (unpaired) electrons. The molecule has 1 heterocycles. The highest BCUT2D eigenvalue weighted by atomic mass is 35.5. The molecule has 39 heavy (non-hydrogen) atoms. The summed E-state index contributed by atoms with van der Waals surface area (Å²) in [6.45, 7) is 4.31. The van der Waals surface area contributed by atoms with Crippen LogP contribution in [0.25, 0.3) is 0 Å². The monoisotopic (exact) mass is 573 g/mol. The van der Waals surface area contributed by atoms with Crippen LogP contribution in [0.3, 0.4) is 0 Å². The number of carbonyl (C=O) groups is 2. The molecule has 10 heteroatoms. The molecule has 210 valence electrons. The van der Waals surface area contributed by atoms with E-state index in [1.165, 1.54) is 4.90 Å². The van der Waals surface area contributed by atoms with Crippen molar-refractivity contribution in [1.29, 1.82) is 0 Å². The Bertz CT molecular complexity index is 1170. The van der Waals surface area contributed by atoms with Gasteiger partial charge in [0.05, 0.1) is 20.8 Å². The number of urea groups is 1. The van der Waals surface area contributed by atoms with Gasteiger partial charge in [0.25, 0.3) is 0 Å². The van der Waals surface area contributed by atoms with Crippen LogP contribution in [-0.4, -0.2) is 68.8 Å². The Morgan fingerprint density at radius 2 is 1.74 bits per heavy atom. The van der Waals surface area contributed by atoms with Gasteiger partial charge in [-0.1, -0.05) is 23.7 Å². The van der Waals surface area contributed by atoms with Gasteiger partial charge in [-0.15, -0.1) is 11.3 Å².